The van der Waals surface area contributed by atoms with E-state index < -0.39 is 0 Å². The van der Waals surface area contributed by atoms with Crippen LogP contribution in [0.2, 0.25) is 0 Å². The number of anilines is 1. The first-order valence-electron chi connectivity index (χ1n) is 3.56. The van der Waals surface area contributed by atoms with E-state index in [1.54, 1.807) is 11.6 Å². The first-order valence-corrected chi connectivity index (χ1v) is 4.64. The highest BCUT2D eigenvalue weighted by Crippen LogP contribution is 2.18. The summed E-state index contributed by atoms with van der Waals surface area (Å²) in [6.07, 6.45) is 0. The predicted octanol–water partition coefficient (Wildman–Crippen LogP) is 0.925. The second-order valence-corrected chi connectivity index (χ2v) is 3.70. The van der Waals surface area contributed by atoms with E-state index in [1.807, 2.05) is 12.1 Å². The quantitative estimate of drug-likeness (QED) is 0.793. The number of rotatable bonds is 1. The molecule has 2 N–H and O–H groups in total. The molecule has 0 aliphatic carbocycles. The summed E-state index contributed by atoms with van der Waals surface area (Å²) in [6.45, 7) is 0. The van der Waals surface area contributed by atoms with Gasteiger partial charge in [-0.05, 0) is 28.7 Å². The number of nitrogens with zero attached hydrogens (tertiary/aromatic N) is 3. The molecule has 0 spiro atoms. The SMILES string of the molecule is COc1cc(I)cc2nc(N)nn12. The maximum absolute atomic E-state index is 5.46. The molecule has 0 fully saturated rings. The summed E-state index contributed by atoms with van der Waals surface area (Å²) in [6, 6.07) is 3.74. The Morgan fingerprint density at radius 2 is 2.31 bits per heavy atom. The molecule has 68 valence electrons. The van der Waals surface area contributed by atoms with Crippen LogP contribution in [-0.2, 0) is 0 Å². The molecular weight excluding hydrogens is 283 g/mol. The standard InChI is InChI=1S/C7H7IN4O/c1-13-6-3-4(8)2-5-10-7(9)11-12(5)6/h2-3H,1H3,(H2,9,11). The smallest absolute Gasteiger partial charge is 0.240 e. The Morgan fingerprint density at radius 3 is 3.00 bits per heavy atom. The van der Waals surface area contributed by atoms with Crippen molar-refractivity contribution < 1.29 is 4.74 Å². The van der Waals surface area contributed by atoms with Gasteiger partial charge in [-0.3, -0.25) is 0 Å². The van der Waals surface area contributed by atoms with Gasteiger partial charge >= 0.3 is 0 Å². The van der Waals surface area contributed by atoms with Crippen LogP contribution in [0, 0.1) is 3.57 Å². The minimum atomic E-state index is 0.250. The first kappa shape index (κ1) is 8.54. The Labute approximate surface area is 88.0 Å². The van der Waals surface area contributed by atoms with Crippen LogP contribution in [0.5, 0.6) is 5.88 Å². The topological polar surface area (TPSA) is 65.4 Å². The number of nitrogen functional groups attached to an aromatic ring is 1. The van der Waals surface area contributed by atoms with Gasteiger partial charge in [-0.2, -0.15) is 9.50 Å². The summed E-state index contributed by atoms with van der Waals surface area (Å²) >= 11 is 2.18. The highest BCUT2D eigenvalue weighted by Gasteiger charge is 2.06. The molecule has 0 saturated heterocycles. The van der Waals surface area contributed by atoms with Crippen molar-refractivity contribution in [2.45, 2.75) is 0 Å². The molecule has 0 radical (unpaired) electrons. The van der Waals surface area contributed by atoms with Gasteiger partial charge in [0.1, 0.15) is 0 Å². The summed E-state index contributed by atoms with van der Waals surface area (Å²) in [5, 5.41) is 3.98. The highest BCUT2D eigenvalue weighted by atomic mass is 127. The summed E-state index contributed by atoms with van der Waals surface area (Å²) < 4.78 is 7.73. The molecule has 5 nitrogen and oxygen atoms in total. The molecule has 6 heteroatoms. The van der Waals surface area contributed by atoms with Crippen molar-refractivity contribution in [2.75, 3.05) is 12.8 Å². The number of halogens is 1. The van der Waals surface area contributed by atoms with Crippen molar-refractivity contribution in [2.24, 2.45) is 0 Å². The molecule has 2 heterocycles. The van der Waals surface area contributed by atoms with E-state index in [2.05, 4.69) is 32.7 Å². The predicted molar refractivity (Wildman–Crippen MR) is 56.7 cm³/mol. The fourth-order valence-corrected chi connectivity index (χ4v) is 1.63. The van der Waals surface area contributed by atoms with E-state index in [-0.39, 0.29) is 5.95 Å². The van der Waals surface area contributed by atoms with Crippen LogP contribution in [-0.4, -0.2) is 21.7 Å². The van der Waals surface area contributed by atoms with Gasteiger partial charge in [0.25, 0.3) is 0 Å². The number of hydrogen-bond acceptors (Lipinski definition) is 4. The second-order valence-electron chi connectivity index (χ2n) is 2.46. The monoisotopic (exact) mass is 290 g/mol. The van der Waals surface area contributed by atoms with Gasteiger partial charge in [0.15, 0.2) is 5.65 Å². The lowest BCUT2D eigenvalue weighted by Crippen LogP contribution is -1.96. The molecule has 0 unspecified atom stereocenters. The van der Waals surface area contributed by atoms with Crippen molar-refractivity contribution >= 4 is 34.2 Å². The molecule has 2 aromatic rings. The molecule has 0 amide bonds. The van der Waals surface area contributed by atoms with E-state index in [4.69, 9.17) is 10.5 Å². The zero-order chi connectivity index (χ0) is 9.42. The van der Waals surface area contributed by atoms with Crippen LogP contribution in [0.3, 0.4) is 0 Å². The molecule has 2 aromatic heterocycles. The highest BCUT2D eigenvalue weighted by molar-refractivity contribution is 14.1. The van der Waals surface area contributed by atoms with Crippen LogP contribution < -0.4 is 10.5 Å². The van der Waals surface area contributed by atoms with E-state index in [9.17, 15) is 0 Å². The van der Waals surface area contributed by atoms with Gasteiger partial charge in [-0.15, -0.1) is 5.10 Å². The Kier molecular flexibility index (Phi) is 1.98. The van der Waals surface area contributed by atoms with Gasteiger partial charge in [-0.25, -0.2) is 0 Å². The van der Waals surface area contributed by atoms with E-state index in [0.29, 0.717) is 11.5 Å². The molecular formula is C7H7IN4O. The minimum Gasteiger partial charge on any atom is -0.481 e. The van der Waals surface area contributed by atoms with Crippen molar-refractivity contribution in [1.29, 1.82) is 0 Å². The summed E-state index contributed by atoms with van der Waals surface area (Å²) in [4.78, 5) is 4.03. The van der Waals surface area contributed by atoms with Crippen LogP contribution in [0.4, 0.5) is 5.95 Å². The van der Waals surface area contributed by atoms with Gasteiger partial charge < -0.3 is 10.5 Å². The number of nitrogens with two attached hydrogens (primary N) is 1. The third-order valence-corrected chi connectivity index (χ3v) is 2.22. The van der Waals surface area contributed by atoms with Gasteiger partial charge in [0.05, 0.1) is 7.11 Å². The maximum atomic E-state index is 5.46. The number of fused-ring (bicyclic) bond motifs is 1. The molecule has 0 bridgehead atoms. The first-order chi connectivity index (χ1) is 6.20. The maximum Gasteiger partial charge on any atom is 0.240 e. The Balaban J connectivity index is 2.80. The fourth-order valence-electron chi connectivity index (χ4n) is 1.09. The number of methoxy groups -OCH3 is 1. The molecule has 0 aromatic carbocycles. The molecule has 0 aliphatic rings. The fraction of sp³-hybridized carbons (Fsp3) is 0.143. The zero-order valence-electron chi connectivity index (χ0n) is 6.86. The second kappa shape index (κ2) is 3.02. The van der Waals surface area contributed by atoms with Crippen molar-refractivity contribution in [3.8, 4) is 5.88 Å². The number of aromatic nitrogens is 3. The van der Waals surface area contributed by atoms with Crippen molar-refractivity contribution in [1.82, 2.24) is 14.6 Å². The van der Waals surface area contributed by atoms with E-state index >= 15 is 0 Å². The van der Waals surface area contributed by atoms with Gasteiger partial charge in [0, 0.05) is 9.64 Å². The number of hydrogen-bond donors (Lipinski definition) is 1. The average molecular weight is 290 g/mol. The Morgan fingerprint density at radius 1 is 1.54 bits per heavy atom. The minimum absolute atomic E-state index is 0.250. The molecule has 2 rings (SSSR count). The molecule has 13 heavy (non-hydrogen) atoms. The molecule has 0 atom stereocenters. The lowest BCUT2D eigenvalue weighted by Gasteiger charge is -2.01. The Bertz CT molecular complexity index is 453. The van der Waals surface area contributed by atoms with Crippen LogP contribution in [0.1, 0.15) is 0 Å². The van der Waals surface area contributed by atoms with Crippen LogP contribution in [0.25, 0.3) is 5.65 Å². The summed E-state index contributed by atoms with van der Waals surface area (Å²) in [5.41, 5.74) is 6.16. The summed E-state index contributed by atoms with van der Waals surface area (Å²) in [7, 11) is 1.59. The Hall–Kier alpha value is -1.05. The summed E-state index contributed by atoms with van der Waals surface area (Å²) in [5.74, 6) is 0.881. The van der Waals surface area contributed by atoms with Gasteiger partial charge in [0.2, 0.25) is 11.8 Å². The molecule has 0 aliphatic heterocycles. The lowest BCUT2D eigenvalue weighted by molar-refractivity contribution is 0.385. The largest absolute Gasteiger partial charge is 0.481 e. The van der Waals surface area contributed by atoms with Crippen LogP contribution in [0.15, 0.2) is 12.1 Å². The van der Waals surface area contributed by atoms with Crippen LogP contribution >= 0.6 is 22.6 Å². The lowest BCUT2D eigenvalue weighted by atomic mass is 10.5. The van der Waals surface area contributed by atoms with Crippen molar-refractivity contribution in [3.63, 3.8) is 0 Å². The van der Waals surface area contributed by atoms with Crippen molar-refractivity contribution in [3.05, 3.63) is 15.7 Å². The average Bonchev–Trinajstić information content (AvgIpc) is 2.43. The van der Waals surface area contributed by atoms with E-state index in [0.717, 1.165) is 3.57 Å². The normalized spacial score (nSPS) is 10.6. The number of ether oxygens (including phenoxy) is 1. The van der Waals surface area contributed by atoms with Gasteiger partial charge in [-0.1, -0.05) is 0 Å². The number of pyridine rings is 1. The molecule has 0 saturated carbocycles. The third kappa shape index (κ3) is 1.41. The van der Waals surface area contributed by atoms with E-state index in [1.165, 1.54) is 0 Å². The zero-order valence-corrected chi connectivity index (χ0v) is 9.02. The third-order valence-electron chi connectivity index (χ3n) is 1.59.